The molecule has 19 nitrogen and oxygen atoms in total. The van der Waals surface area contributed by atoms with Gasteiger partial charge >= 0.3 is 0 Å². The number of fused-ring (bicyclic) bond motifs is 5. The number of imide groups is 2. The molecular formula is C60H81N5O14. The van der Waals surface area contributed by atoms with Crippen LogP contribution in [0.1, 0.15) is 110 Å². The van der Waals surface area contributed by atoms with Crippen LogP contribution in [0.15, 0.2) is 77.9 Å². The Morgan fingerprint density at radius 3 is 2.09 bits per heavy atom. The van der Waals surface area contributed by atoms with Crippen molar-refractivity contribution in [3.63, 3.8) is 0 Å². The van der Waals surface area contributed by atoms with E-state index in [1.165, 1.54) is 22.3 Å². The number of benzene rings is 2. The number of rotatable bonds is 33. The molecule has 2 saturated carbocycles. The number of carbonyl (C=O) groups excluding carboxylic acids is 6. The average molecular weight is 1100 g/mol. The van der Waals surface area contributed by atoms with Crippen LogP contribution in [0.25, 0.3) is 0 Å². The number of allylic oxidation sites excluding steroid dienone is 4. The molecule has 0 spiro atoms. The lowest BCUT2D eigenvalue weighted by Gasteiger charge is -2.54. The van der Waals surface area contributed by atoms with Crippen LogP contribution in [-0.2, 0) is 52.3 Å². The number of aliphatic hydroxyl groups is 1. The van der Waals surface area contributed by atoms with Crippen LogP contribution >= 0.6 is 0 Å². The van der Waals surface area contributed by atoms with Crippen LogP contribution in [0, 0.1) is 17.3 Å². The maximum atomic E-state index is 13.2. The first-order valence-corrected chi connectivity index (χ1v) is 28.4. The number of piperidine rings is 1. The number of amides is 5. The summed E-state index contributed by atoms with van der Waals surface area (Å²) >= 11 is 0. The largest absolute Gasteiger partial charge is 0.385 e. The monoisotopic (exact) mass is 1100 g/mol. The summed E-state index contributed by atoms with van der Waals surface area (Å²) in [5.41, 5.74) is 6.38. The number of ketones is 1. The highest BCUT2D eigenvalue weighted by Crippen LogP contribution is 2.67. The van der Waals surface area contributed by atoms with Crippen molar-refractivity contribution in [2.24, 2.45) is 17.3 Å². The number of likely N-dealkylation sites (N-methyl/N-ethyl adjacent to an activating group) is 1. The van der Waals surface area contributed by atoms with Gasteiger partial charge in [-0.05, 0) is 117 Å². The van der Waals surface area contributed by atoms with E-state index in [0.717, 1.165) is 55.7 Å². The van der Waals surface area contributed by atoms with E-state index in [4.69, 9.17) is 33.2 Å². The second-order valence-corrected chi connectivity index (χ2v) is 21.6. The topological polar surface area (TPSA) is 230 Å². The molecule has 3 fully saturated rings. The Hall–Kier alpha value is -5.64. The molecule has 6 atom stereocenters. The molecule has 79 heavy (non-hydrogen) atoms. The van der Waals surface area contributed by atoms with Crippen molar-refractivity contribution < 1.29 is 67.0 Å². The lowest BCUT2D eigenvalue weighted by atomic mass is 9.51. The maximum absolute atomic E-state index is 13.2. The van der Waals surface area contributed by atoms with Gasteiger partial charge in [-0.15, -0.1) is 6.58 Å². The Morgan fingerprint density at radius 1 is 0.772 bits per heavy atom. The van der Waals surface area contributed by atoms with Gasteiger partial charge < -0.3 is 53.8 Å². The molecule has 19 heteroatoms. The average Bonchev–Trinajstić information content (AvgIpc) is 4.08. The van der Waals surface area contributed by atoms with Crippen LogP contribution in [0.3, 0.4) is 0 Å². The van der Waals surface area contributed by atoms with Crippen molar-refractivity contribution in [1.82, 2.24) is 15.5 Å². The summed E-state index contributed by atoms with van der Waals surface area (Å²) in [6.07, 6.45) is 11.2. The van der Waals surface area contributed by atoms with Gasteiger partial charge in [-0.2, -0.15) is 0 Å². The maximum Gasteiger partial charge on any atom is 0.264 e. The Bertz CT molecular complexity index is 2550. The number of hydrogen-bond donors (Lipinski definition) is 4. The summed E-state index contributed by atoms with van der Waals surface area (Å²) in [6.45, 7) is 13.5. The van der Waals surface area contributed by atoms with Gasteiger partial charge in [-0.25, -0.2) is 0 Å². The molecule has 2 aromatic carbocycles. The molecule has 1 unspecified atom stereocenters. The van der Waals surface area contributed by atoms with Gasteiger partial charge in [0.15, 0.2) is 5.78 Å². The molecule has 0 radical (unpaired) electrons. The quantitative estimate of drug-likeness (QED) is 0.0395. The molecule has 0 bridgehead atoms. The number of anilines is 2. The molecule has 8 rings (SSSR count). The van der Waals surface area contributed by atoms with Crippen LogP contribution in [-0.4, -0.2) is 176 Å². The Kier molecular flexibility index (Phi) is 21.6. The van der Waals surface area contributed by atoms with Crippen molar-refractivity contribution >= 4 is 46.7 Å². The fraction of sp³-hybridized carbons (Fsp3) is 0.600. The summed E-state index contributed by atoms with van der Waals surface area (Å²) in [5.74, 6) is -1.12. The van der Waals surface area contributed by atoms with E-state index in [1.807, 2.05) is 6.08 Å². The summed E-state index contributed by atoms with van der Waals surface area (Å²) in [7, 11) is 2.07. The predicted molar refractivity (Wildman–Crippen MR) is 295 cm³/mol. The fourth-order valence-corrected chi connectivity index (χ4v) is 12.5. The highest BCUT2D eigenvalue weighted by atomic mass is 16.6. The first-order valence-electron chi connectivity index (χ1n) is 28.4. The van der Waals surface area contributed by atoms with Gasteiger partial charge in [-0.3, -0.25) is 39.0 Å². The number of hydrogen-bond acceptors (Lipinski definition) is 16. The Balaban J connectivity index is 0.577. The van der Waals surface area contributed by atoms with Crippen molar-refractivity contribution in [2.45, 2.75) is 95.1 Å². The zero-order valence-corrected chi connectivity index (χ0v) is 46.2. The normalized spacial score (nSPS) is 24.4. The molecule has 5 amide bonds. The standard InChI is InChI=1S/C60H81N5O14/c1-4-60(72)21-20-49-46-16-12-42-38-44(66)15-17-45(42)54(46)48(39-59(49,60)2)41-10-13-43(14-11-41)64(3)24-27-75-30-33-77-34-35-78-36-37-79-40-53(68)62-23-7-26-74-29-32-76-31-28-73-25-6-22-61-50-9-5-8-47-55(50)58(71)65(57(47)70)51-18-19-52(67)63-56(51)69/h4-5,8-11,13-14,38,46,48-49,51,61,72H,1,6-7,12,15-37,39-40H2,2-3H3,(H,62,68)(H,63,67,69)/t46-,48+,49-,51?,59-,60-/m0/s1. The predicted octanol–water partition coefficient (Wildman–Crippen LogP) is 5.47. The van der Waals surface area contributed by atoms with E-state index < -0.39 is 35.3 Å². The molecule has 0 aromatic heterocycles. The molecule has 4 N–H and O–H groups in total. The van der Waals surface area contributed by atoms with Crippen LogP contribution in [0.2, 0.25) is 0 Å². The van der Waals surface area contributed by atoms with Crippen LogP contribution in [0.5, 0.6) is 0 Å². The third kappa shape index (κ3) is 14.7. The van der Waals surface area contributed by atoms with Crippen molar-refractivity contribution in [1.29, 1.82) is 0 Å². The summed E-state index contributed by atoms with van der Waals surface area (Å²) < 4.78 is 39.3. The Labute approximate surface area is 464 Å². The van der Waals surface area contributed by atoms with E-state index in [0.29, 0.717) is 136 Å². The van der Waals surface area contributed by atoms with Gasteiger partial charge in [0, 0.05) is 75.4 Å². The van der Waals surface area contributed by atoms with Crippen LogP contribution in [0.4, 0.5) is 11.4 Å². The molecular weight excluding hydrogens is 1010 g/mol. The molecule has 2 aliphatic heterocycles. The highest BCUT2D eigenvalue weighted by molar-refractivity contribution is 6.25. The van der Waals surface area contributed by atoms with Crippen molar-refractivity contribution in [3.05, 3.63) is 94.6 Å². The zero-order valence-electron chi connectivity index (χ0n) is 46.2. The molecule has 430 valence electrons. The third-order valence-electron chi connectivity index (χ3n) is 16.7. The van der Waals surface area contributed by atoms with E-state index in [1.54, 1.807) is 24.3 Å². The smallest absolute Gasteiger partial charge is 0.264 e. The second kappa shape index (κ2) is 28.7. The van der Waals surface area contributed by atoms with E-state index in [2.05, 4.69) is 65.7 Å². The lowest BCUT2D eigenvalue weighted by molar-refractivity contribution is -0.136. The molecule has 6 aliphatic rings. The molecule has 4 aliphatic carbocycles. The van der Waals surface area contributed by atoms with E-state index in [-0.39, 0.29) is 53.6 Å². The lowest BCUT2D eigenvalue weighted by Crippen LogP contribution is -2.54. The van der Waals surface area contributed by atoms with Crippen molar-refractivity contribution in [3.8, 4) is 0 Å². The second-order valence-electron chi connectivity index (χ2n) is 21.6. The minimum Gasteiger partial charge on any atom is -0.385 e. The SMILES string of the molecule is C=C[C@]1(O)CC[C@H]2[C@@H]3CCC4=CC(=O)CCC4=C3[C@@H](c3ccc(N(C)CCOCCOCCOCCOCC(=O)NCCCOCCOCCOCCCNc4cccc5c4C(=O)N(C4CCC(=O)NC4=O)C5=O)cc3)C[C@@]21C. The third-order valence-corrected chi connectivity index (χ3v) is 16.7. The number of nitrogens with one attached hydrogen (secondary N) is 3. The minimum atomic E-state index is -1.01. The first-order chi connectivity index (χ1) is 38.3. The summed E-state index contributed by atoms with van der Waals surface area (Å²) in [5, 5.41) is 20.1. The van der Waals surface area contributed by atoms with Gasteiger partial charge in [0.25, 0.3) is 11.8 Å². The Morgan fingerprint density at radius 2 is 1.42 bits per heavy atom. The van der Waals surface area contributed by atoms with E-state index >= 15 is 0 Å². The zero-order chi connectivity index (χ0) is 55.8. The van der Waals surface area contributed by atoms with Gasteiger partial charge in [0.1, 0.15) is 12.6 Å². The fourth-order valence-electron chi connectivity index (χ4n) is 12.5. The first kappa shape index (κ1) is 59.5. The molecule has 2 aromatic rings. The summed E-state index contributed by atoms with van der Waals surface area (Å²) in [4.78, 5) is 77.9. The molecule has 1 saturated heterocycles. The van der Waals surface area contributed by atoms with E-state index in [9.17, 15) is 33.9 Å². The summed E-state index contributed by atoms with van der Waals surface area (Å²) in [6, 6.07) is 12.8. The van der Waals surface area contributed by atoms with Gasteiger partial charge in [-0.1, -0.05) is 36.8 Å². The number of nitrogens with zero attached hydrogens (tertiary/aromatic N) is 2. The van der Waals surface area contributed by atoms with Crippen molar-refractivity contribution in [2.75, 3.05) is 129 Å². The highest BCUT2D eigenvalue weighted by Gasteiger charge is 2.62. The van der Waals surface area contributed by atoms with Crippen LogP contribution < -0.4 is 20.9 Å². The minimum absolute atomic E-state index is 0.0538. The molecule has 2 heterocycles. The number of carbonyl (C=O) groups is 6. The number of ether oxygens (including phenoxy) is 7. The van der Waals surface area contributed by atoms with Gasteiger partial charge in [0.05, 0.1) is 89.4 Å². The van der Waals surface area contributed by atoms with Gasteiger partial charge in [0.2, 0.25) is 17.7 Å².